The van der Waals surface area contributed by atoms with Crippen molar-refractivity contribution in [1.29, 1.82) is 0 Å². The highest BCUT2D eigenvalue weighted by molar-refractivity contribution is 5.94. The second-order valence-corrected chi connectivity index (χ2v) is 6.17. The molecule has 2 N–H and O–H groups in total. The van der Waals surface area contributed by atoms with Crippen LogP contribution in [0.1, 0.15) is 35.5 Å². The summed E-state index contributed by atoms with van der Waals surface area (Å²) in [6, 6.07) is 6.22. The molecule has 0 saturated carbocycles. The van der Waals surface area contributed by atoms with Gasteiger partial charge >= 0.3 is 0 Å². The maximum absolute atomic E-state index is 12.8. The topological polar surface area (TPSA) is 74.2 Å². The lowest BCUT2D eigenvalue weighted by Gasteiger charge is -2.26. The van der Waals surface area contributed by atoms with Gasteiger partial charge in [0, 0.05) is 24.7 Å². The number of carbonyl (C=O) groups excluding carboxylic acids is 1. The molecule has 2 unspecified atom stereocenters. The van der Waals surface area contributed by atoms with Crippen molar-refractivity contribution >= 4 is 5.91 Å². The third-order valence-corrected chi connectivity index (χ3v) is 4.69. The Morgan fingerprint density at radius 1 is 1.32 bits per heavy atom. The summed E-state index contributed by atoms with van der Waals surface area (Å²) in [5.41, 5.74) is 1.22. The highest BCUT2D eigenvalue weighted by Crippen LogP contribution is 2.30. The van der Waals surface area contributed by atoms with E-state index in [1.54, 1.807) is 6.07 Å². The zero-order valence-electron chi connectivity index (χ0n) is 12.6. The van der Waals surface area contributed by atoms with Gasteiger partial charge in [0.15, 0.2) is 11.5 Å². The summed E-state index contributed by atoms with van der Waals surface area (Å²) < 4.78 is 5.58. The monoisotopic (exact) mass is 300 g/mol. The molecule has 2 bridgehead atoms. The number of rotatable bonds is 2. The van der Waals surface area contributed by atoms with Crippen molar-refractivity contribution in [2.45, 2.75) is 38.3 Å². The predicted molar refractivity (Wildman–Crippen MR) is 81.5 cm³/mol. The fourth-order valence-corrected chi connectivity index (χ4v) is 3.58. The lowest BCUT2D eigenvalue weighted by Crippen LogP contribution is -2.42. The number of nitrogens with one attached hydrogen (secondary N) is 2. The highest BCUT2D eigenvalue weighted by Gasteiger charge is 2.39. The summed E-state index contributed by atoms with van der Waals surface area (Å²) in [6.45, 7) is 3.77. The van der Waals surface area contributed by atoms with E-state index in [1.165, 1.54) is 0 Å². The van der Waals surface area contributed by atoms with E-state index in [9.17, 15) is 4.79 Å². The Balaban J connectivity index is 1.59. The Labute approximate surface area is 128 Å². The van der Waals surface area contributed by atoms with E-state index in [2.05, 4.69) is 15.5 Å². The number of furan rings is 1. The Hall–Kier alpha value is -2.08. The van der Waals surface area contributed by atoms with Gasteiger partial charge in [-0.05, 0) is 44.9 Å². The van der Waals surface area contributed by atoms with E-state index in [0.717, 1.165) is 43.8 Å². The lowest BCUT2D eigenvalue weighted by molar-refractivity contribution is 0.0674. The average molecular weight is 300 g/mol. The molecule has 4 rings (SSSR count). The van der Waals surface area contributed by atoms with Gasteiger partial charge in [-0.2, -0.15) is 5.10 Å². The smallest absolute Gasteiger partial charge is 0.274 e. The van der Waals surface area contributed by atoms with Gasteiger partial charge in [0.05, 0.1) is 0 Å². The molecule has 1 amide bonds. The molecular formula is C16H20N4O2. The third-order valence-electron chi connectivity index (χ3n) is 4.69. The number of H-pyrrole nitrogens is 1. The minimum Gasteiger partial charge on any atom is -0.460 e. The van der Waals surface area contributed by atoms with Crippen molar-refractivity contribution in [3.8, 4) is 11.5 Å². The van der Waals surface area contributed by atoms with Crippen molar-refractivity contribution in [2.75, 3.05) is 13.1 Å². The fraction of sp³-hybridized carbons (Fsp3) is 0.500. The van der Waals surface area contributed by atoms with Gasteiger partial charge in [-0.25, -0.2) is 0 Å². The molecule has 0 spiro atoms. The molecule has 2 aromatic heterocycles. The molecule has 2 saturated heterocycles. The average Bonchev–Trinajstić information content (AvgIpc) is 3.16. The number of hydrogen-bond acceptors (Lipinski definition) is 4. The quantitative estimate of drug-likeness (QED) is 0.889. The van der Waals surface area contributed by atoms with Gasteiger partial charge in [0.1, 0.15) is 11.5 Å². The molecular weight excluding hydrogens is 280 g/mol. The van der Waals surface area contributed by atoms with Crippen LogP contribution in [0.3, 0.4) is 0 Å². The SMILES string of the molecule is Cc1ccc(-c2cc(C(=O)N3C4CCNCC3CC4)n[nH]2)o1. The second kappa shape index (κ2) is 5.28. The van der Waals surface area contributed by atoms with Crippen LogP contribution in [-0.4, -0.2) is 46.2 Å². The lowest BCUT2D eigenvalue weighted by atomic mass is 10.1. The van der Waals surface area contributed by atoms with E-state index in [1.807, 2.05) is 24.0 Å². The van der Waals surface area contributed by atoms with E-state index in [0.29, 0.717) is 23.5 Å². The Morgan fingerprint density at radius 2 is 2.18 bits per heavy atom. The van der Waals surface area contributed by atoms with E-state index >= 15 is 0 Å². The van der Waals surface area contributed by atoms with Gasteiger partial charge in [-0.1, -0.05) is 0 Å². The van der Waals surface area contributed by atoms with Gasteiger partial charge < -0.3 is 14.6 Å². The van der Waals surface area contributed by atoms with Gasteiger partial charge in [0.25, 0.3) is 5.91 Å². The Morgan fingerprint density at radius 3 is 3.00 bits per heavy atom. The zero-order chi connectivity index (χ0) is 15.1. The first-order chi connectivity index (χ1) is 10.7. The summed E-state index contributed by atoms with van der Waals surface area (Å²) in [6.07, 6.45) is 3.21. The van der Waals surface area contributed by atoms with Crippen LogP contribution in [0.25, 0.3) is 11.5 Å². The summed E-state index contributed by atoms with van der Waals surface area (Å²) in [7, 11) is 0. The number of hydrogen-bond donors (Lipinski definition) is 2. The van der Waals surface area contributed by atoms with Crippen molar-refractivity contribution < 1.29 is 9.21 Å². The van der Waals surface area contributed by atoms with Gasteiger partial charge in [-0.3, -0.25) is 9.89 Å². The molecule has 0 radical (unpaired) electrons. The van der Waals surface area contributed by atoms with Crippen LogP contribution in [0.5, 0.6) is 0 Å². The predicted octanol–water partition coefficient (Wildman–Crippen LogP) is 1.94. The van der Waals surface area contributed by atoms with Crippen LogP contribution in [0.15, 0.2) is 22.6 Å². The summed E-state index contributed by atoms with van der Waals surface area (Å²) in [5.74, 6) is 1.58. The molecule has 22 heavy (non-hydrogen) atoms. The second-order valence-electron chi connectivity index (χ2n) is 6.17. The van der Waals surface area contributed by atoms with Crippen LogP contribution in [0.4, 0.5) is 0 Å². The minimum atomic E-state index is 0.0296. The van der Waals surface area contributed by atoms with Crippen molar-refractivity contribution in [3.05, 3.63) is 29.7 Å². The van der Waals surface area contributed by atoms with Crippen LogP contribution < -0.4 is 5.32 Å². The number of fused-ring (bicyclic) bond motifs is 2. The number of aromatic nitrogens is 2. The first kappa shape index (κ1) is 13.6. The molecule has 2 aliphatic heterocycles. The molecule has 2 atom stereocenters. The number of aromatic amines is 1. The molecule has 116 valence electrons. The van der Waals surface area contributed by atoms with E-state index < -0.39 is 0 Å². The van der Waals surface area contributed by atoms with Gasteiger partial charge in [0.2, 0.25) is 0 Å². The third kappa shape index (κ3) is 2.23. The number of aryl methyl sites for hydroxylation is 1. The van der Waals surface area contributed by atoms with Crippen LogP contribution >= 0.6 is 0 Å². The highest BCUT2D eigenvalue weighted by atomic mass is 16.3. The zero-order valence-corrected chi connectivity index (χ0v) is 12.6. The van der Waals surface area contributed by atoms with Crippen LogP contribution in [0, 0.1) is 6.92 Å². The fourth-order valence-electron chi connectivity index (χ4n) is 3.58. The molecule has 2 aliphatic rings. The standard InChI is InChI=1S/C16H20N4O2/c1-10-2-5-15(22-10)13-8-14(19-18-13)16(21)20-11-3-4-12(20)9-17-7-6-11/h2,5,8,11-12,17H,3-4,6-7,9H2,1H3,(H,18,19). The van der Waals surface area contributed by atoms with Crippen molar-refractivity contribution in [3.63, 3.8) is 0 Å². The molecule has 2 fully saturated rings. The normalized spacial score (nSPS) is 24.5. The number of amides is 1. The maximum Gasteiger partial charge on any atom is 0.274 e. The Kier molecular flexibility index (Phi) is 3.26. The van der Waals surface area contributed by atoms with E-state index in [4.69, 9.17) is 4.42 Å². The number of carbonyl (C=O) groups is 1. The molecule has 6 nitrogen and oxygen atoms in total. The summed E-state index contributed by atoms with van der Waals surface area (Å²) in [5, 5.41) is 10.5. The molecule has 0 aliphatic carbocycles. The van der Waals surface area contributed by atoms with Crippen molar-refractivity contribution in [1.82, 2.24) is 20.4 Å². The molecule has 4 heterocycles. The Bertz CT molecular complexity index is 676. The van der Waals surface area contributed by atoms with Crippen LogP contribution in [0.2, 0.25) is 0 Å². The molecule has 6 heteroatoms. The minimum absolute atomic E-state index is 0.0296. The largest absolute Gasteiger partial charge is 0.460 e. The van der Waals surface area contributed by atoms with Gasteiger partial charge in [-0.15, -0.1) is 0 Å². The van der Waals surface area contributed by atoms with Crippen LogP contribution in [-0.2, 0) is 0 Å². The molecule has 2 aromatic rings. The molecule has 0 aromatic carbocycles. The van der Waals surface area contributed by atoms with Crippen molar-refractivity contribution in [2.24, 2.45) is 0 Å². The summed E-state index contributed by atoms with van der Waals surface area (Å²) in [4.78, 5) is 14.9. The first-order valence-electron chi connectivity index (χ1n) is 7.88. The van der Waals surface area contributed by atoms with E-state index in [-0.39, 0.29) is 5.91 Å². The maximum atomic E-state index is 12.8. The first-order valence-corrected chi connectivity index (χ1v) is 7.88. The summed E-state index contributed by atoms with van der Waals surface area (Å²) >= 11 is 0. The number of nitrogens with zero attached hydrogens (tertiary/aromatic N) is 2.